The zero-order chi connectivity index (χ0) is 21.6. The molecule has 2 amide bonds. The van der Waals surface area contributed by atoms with Crippen LogP contribution in [-0.2, 0) is 9.59 Å². The van der Waals surface area contributed by atoms with Gasteiger partial charge in [-0.05, 0) is 0 Å². The van der Waals surface area contributed by atoms with E-state index in [2.05, 4.69) is 20.8 Å². The van der Waals surface area contributed by atoms with Crippen LogP contribution in [0, 0.1) is 5.41 Å². The zero-order valence-electron chi connectivity index (χ0n) is 16.2. The molecule has 0 unspecified atom stereocenters. The predicted octanol–water partition coefficient (Wildman–Crippen LogP) is -0.592. The van der Waals surface area contributed by atoms with E-state index >= 15 is 0 Å². The number of aliphatic hydroxyl groups excluding tert-OH is 2. The molecule has 11 heteroatoms. The molecule has 0 fully saturated rings. The van der Waals surface area contributed by atoms with Crippen molar-refractivity contribution in [3.05, 3.63) is 28.4 Å². The van der Waals surface area contributed by atoms with Gasteiger partial charge in [0.15, 0.2) is 0 Å². The number of hydrogen-bond donors (Lipinski definition) is 5. The first-order valence-electron chi connectivity index (χ1n) is 8.97. The molecule has 2 rings (SSSR count). The van der Waals surface area contributed by atoms with Crippen molar-refractivity contribution in [2.24, 2.45) is 5.41 Å². The van der Waals surface area contributed by atoms with E-state index in [9.17, 15) is 24.3 Å². The number of Topliss-reactive ketones (excluding diaryl/α,β-unsaturated/α-hetero) is 1. The molecule has 158 valence electrons. The van der Waals surface area contributed by atoms with Gasteiger partial charge in [0.25, 0.3) is 0 Å². The van der Waals surface area contributed by atoms with E-state index in [1.165, 1.54) is 12.3 Å². The molecule has 0 aliphatic heterocycles. The minimum absolute atomic E-state index is 0.121. The van der Waals surface area contributed by atoms with Gasteiger partial charge in [-0.15, -0.1) is 11.8 Å². The number of rotatable bonds is 10. The lowest BCUT2D eigenvalue weighted by Gasteiger charge is -2.27. The number of ketones is 2. The fourth-order valence-corrected chi connectivity index (χ4v) is 3.35. The smallest absolute Gasteiger partial charge is 0.249 e. The number of aliphatic hydroxyl groups is 2. The summed E-state index contributed by atoms with van der Waals surface area (Å²) >= 11 is 1.12. The Kier molecular flexibility index (Phi) is 7.71. The fraction of sp³-hybridized carbons (Fsp3) is 0.500. The van der Waals surface area contributed by atoms with Gasteiger partial charge in [0, 0.05) is 36.8 Å². The van der Waals surface area contributed by atoms with Crippen LogP contribution in [0.2, 0.25) is 0 Å². The number of hydrogen-bond acceptors (Lipinski definition) is 8. The Hall–Kier alpha value is -2.50. The van der Waals surface area contributed by atoms with E-state index < -0.39 is 17.4 Å². The number of carbonyl (C=O) groups is 4. The maximum Gasteiger partial charge on any atom is 0.249 e. The van der Waals surface area contributed by atoms with Crippen molar-refractivity contribution in [2.45, 2.75) is 26.4 Å². The molecule has 1 atom stereocenters. The minimum Gasteiger partial charge on any atom is -0.396 e. The van der Waals surface area contributed by atoms with E-state index in [0.29, 0.717) is 5.75 Å². The average molecular weight is 424 g/mol. The Balaban J connectivity index is 1.66. The second-order valence-corrected chi connectivity index (χ2v) is 8.29. The van der Waals surface area contributed by atoms with Gasteiger partial charge in [-0.1, -0.05) is 13.8 Å². The molecule has 1 aromatic heterocycles. The maximum atomic E-state index is 12.2. The van der Waals surface area contributed by atoms with E-state index in [1.54, 1.807) is 13.8 Å². The third-order valence-corrected chi connectivity index (χ3v) is 5.37. The number of carbonyl (C=O) groups excluding carboxylic acids is 4. The summed E-state index contributed by atoms with van der Waals surface area (Å²) in [5, 5.41) is 30.3. The Labute approximate surface area is 171 Å². The van der Waals surface area contributed by atoms with Gasteiger partial charge in [0.1, 0.15) is 11.8 Å². The highest BCUT2D eigenvalue weighted by Gasteiger charge is 2.32. The number of H-pyrrole nitrogens is 1. The molecule has 1 aliphatic rings. The van der Waals surface area contributed by atoms with Crippen molar-refractivity contribution in [2.75, 3.05) is 25.4 Å². The molecule has 5 N–H and O–H groups in total. The number of allylic oxidation sites excluding steroid dienone is 2. The maximum absolute atomic E-state index is 12.2. The van der Waals surface area contributed by atoms with Gasteiger partial charge in [-0.3, -0.25) is 24.3 Å². The van der Waals surface area contributed by atoms with Crippen molar-refractivity contribution in [1.82, 2.24) is 20.8 Å². The highest BCUT2D eigenvalue weighted by atomic mass is 32.2. The second-order valence-electron chi connectivity index (χ2n) is 7.15. The van der Waals surface area contributed by atoms with Crippen LogP contribution in [0.3, 0.4) is 0 Å². The summed E-state index contributed by atoms with van der Waals surface area (Å²) in [5.74, 6) is -1.22. The molecule has 0 radical (unpaired) electrons. The summed E-state index contributed by atoms with van der Waals surface area (Å²) < 4.78 is 0. The number of nitrogens with zero attached hydrogens (tertiary/aromatic N) is 1. The number of amides is 2. The third kappa shape index (κ3) is 5.75. The van der Waals surface area contributed by atoms with Crippen LogP contribution in [0.1, 0.15) is 41.1 Å². The summed E-state index contributed by atoms with van der Waals surface area (Å²) in [7, 11) is 0. The van der Waals surface area contributed by atoms with E-state index in [-0.39, 0.29) is 59.8 Å². The number of aromatic nitrogens is 2. The molecule has 0 saturated carbocycles. The highest BCUT2D eigenvalue weighted by molar-refractivity contribution is 8.04. The lowest BCUT2D eigenvalue weighted by molar-refractivity contribution is -0.137. The van der Waals surface area contributed by atoms with Crippen molar-refractivity contribution < 1.29 is 29.4 Å². The highest BCUT2D eigenvalue weighted by Crippen LogP contribution is 2.27. The molecule has 1 aromatic rings. The number of thioether (sulfide) groups is 1. The fourth-order valence-electron chi connectivity index (χ4n) is 2.41. The van der Waals surface area contributed by atoms with Gasteiger partial charge in [0.2, 0.25) is 23.4 Å². The monoisotopic (exact) mass is 424 g/mol. The van der Waals surface area contributed by atoms with Crippen LogP contribution >= 0.6 is 11.8 Å². The third-order valence-electron chi connectivity index (χ3n) is 4.35. The molecule has 1 aliphatic carbocycles. The van der Waals surface area contributed by atoms with Crippen molar-refractivity contribution in [3.8, 4) is 0 Å². The van der Waals surface area contributed by atoms with Crippen LogP contribution in [0.15, 0.2) is 17.2 Å². The summed E-state index contributed by atoms with van der Waals surface area (Å²) in [6.07, 6.45) is 1.30. The Bertz CT molecular complexity index is 832. The van der Waals surface area contributed by atoms with E-state index in [0.717, 1.165) is 11.8 Å². The van der Waals surface area contributed by atoms with E-state index in [1.807, 2.05) is 0 Å². The van der Waals surface area contributed by atoms with Crippen LogP contribution in [0.25, 0.3) is 0 Å². The van der Waals surface area contributed by atoms with Gasteiger partial charge < -0.3 is 20.8 Å². The summed E-state index contributed by atoms with van der Waals surface area (Å²) in [5.41, 5.74) is -0.563. The van der Waals surface area contributed by atoms with Crippen LogP contribution in [-0.4, -0.2) is 75.3 Å². The Morgan fingerprint density at radius 3 is 2.66 bits per heavy atom. The molecular weight excluding hydrogens is 400 g/mol. The van der Waals surface area contributed by atoms with Crippen molar-refractivity contribution in [3.63, 3.8) is 0 Å². The Morgan fingerprint density at radius 1 is 1.28 bits per heavy atom. The first kappa shape index (κ1) is 22.8. The zero-order valence-corrected chi connectivity index (χ0v) is 17.0. The normalized spacial score (nSPS) is 14.8. The van der Waals surface area contributed by atoms with Gasteiger partial charge in [-0.2, -0.15) is 5.10 Å². The summed E-state index contributed by atoms with van der Waals surface area (Å²) in [6.45, 7) is 3.06. The predicted molar refractivity (Wildman–Crippen MR) is 105 cm³/mol. The first-order valence-corrected chi connectivity index (χ1v) is 9.96. The number of aromatic amines is 1. The molecule has 1 heterocycles. The molecule has 0 spiro atoms. The molecule has 0 aromatic carbocycles. The number of nitrogens with one attached hydrogen (secondary N) is 3. The van der Waals surface area contributed by atoms with Gasteiger partial charge >= 0.3 is 0 Å². The SMILES string of the molecule is CC(C)(CO)[C@@H](O)C(=O)NCCNC(=O)CCSC1=CC(=O)c2[nH]ncc2C1=O. The van der Waals surface area contributed by atoms with Crippen molar-refractivity contribution >= 4 is 35.1 Å². The average Bonchev–Trinajstić information content (AvgIpc) is 3.19. The van der Waals surface area contributed by atoms with Crippen LogP contribution in [0.4, 0.5) is 0 Å². The topological polar surface area (TPSA) is 161 Å². The molecule has 0 saturated heterocycles. The Morgan fingerprint density at radius 2 is 1.97 bits per heavy atom. The summed E-state index contributed by atoms with van der Waals surface area (Å²) in [4.78, 5) is 48.1. The molecule has 0 bridgehead atoms. The van der Waals surface area contributed by atoms with Crippen molar-refractivity contribution in [1.29, 1.82) is 0 Å². The van der Waals surface area contributed by atoms with Gasteiger partial charge in [0.05, 0.1) is 23.3 Å². The van der Waals surface area contributed by atoms with Crippen LogP contribution in [0.5, 0.6) is 0 Å². The molecule has 10 nitrogen and oxygen atoms in total. The largest absolute Gasteiger partial charge is 0.396 e. The molecule has 29 heavy (non-hydrogen) atoms. The minimum atomic E-state index is -1.36. The lowest BCUT2D eigenvalue weighted by Crippen LogP contribution is -2.47. The first-order chi connectivity index (χ1) is 13.7. The standard InChI is InChI=1S/C18H24N4O6S/c1-18(2,9-23)16(27)17(28)20-5-4-19-13(25)3-6-29-12-7-11(24)14-10(15(12)26)8-21-22-14/h7-8,16,23,27H,3-6,9H2,1-2H3,(H,19,25)(H,20,28)(H,21,22)/t16-/m0/s1. The van der Waals surface area contributed by atoms with Crippen LogP contribution < -0.4 is 10.6 Å². The molecular formula is C18H24N4O6S. The lowest BCUT2D eigenvalue weighted by atomic mass is 9.87. The quantitative estimate of drug-likeness (QED) is 0.311. The second kappa shape index (κ2) is 9.81. The summed E-state index contributed by atoms with van der Waals surface area (Å²) in [6, 6.07) is 0. The van der Waals surface area contributed by atoms with Gasteiger partial charge in [-0.25, -0.2) is 0 Å². The number of fused-ring (bicyclic) bond motifs is 1. The van der Waals surface area contributed by atoms with E-state index in [4.69, 9.17) is 5.11 Å².